The summed E-state index contributed by atoms with van der Waals surface area (Å²) in [4.78, 5) is 1.01. The second-order valence-corrected chi connectivity index (χ2v) is 8.97. The van der Waals surface area contributed by atoms with E-state index in [1.165, 1.54) is 31.1 Å². The Morgan fingerprint density at radius 1 is 1.21 bits per heavy atom. The summed E-state index contributed by atoms with van der Waals surface area (Å²) in [7, 11) is -1.90. The van der Waals surface area contributed by atoms with Crippen molar-refractivity contribution in [3.63, 3.8) is 0 Å². The van der Waals surface area contributed by atoms with Crippen LogP contribution in [-0.4, -0.2) is 27.9 Å². The highest BCUT2D eigenvalue weighted by atomic mass is 32.2. The van der Waals surface area contributed by atoms with Crippen molar-refractivity contribution < 1.29 is 13.2 Å². The molecule has 1 aromatic heterocycles. The van der Waals surface area contributed by atoms with Crippen LogP contribution in [0.2, 0.25) is 0 Å². The number of rotatable bonds is 7. The van der Waals surface area contributed by atoms with E-state index in [9.17, 15) is 8.42 Å². The van der Waals surface area contributed by atoms with Crippen LogP contribution in [0.3, 0.4) is 0 Å². The van der Waals surface area contributed by atoms with E-state index in [1.807, 2.05) is 17.5 Å². The molecule has 0 bridgehead atoms. The first-order valence-electron chi connectivity index (χ1n) is 8.23. The quantitative estimate of drug-likeness (QED) is 0.819. The van der Waals surface area contributed by atoms with Gasteiger partial charge in [-0.25, -0.2) is 13.1 Å². The molecule has 130 valence electrons. The van der Waals surface area contributed by atoms with Crippen molar-refractivity contribution >= 4 is 21.4 Å². The third-order valence-corrected chi connectivity index (χ3v) is 6.62. The summed E-state index contributed by atoms with van der Waals surface area (Å²) >= 11 is 1.57. The van der Waals surface area contributed by atoms with Gasteiger partial charge in [-0.1, -0.05) is 24.3 Å². The fourth-order valence-electron chi connectivity index (χ4n) is 3.11. The second-order valence-electron chi connectivity index (χ2n) is 6.11. The normalized spacial score (nSPS) is 15.9. The van der Waals surface area contributed by atoms with E-state index in [2.05, 4.69) is 22.9 Å². The maximum atomic E-state index is 12.4. The van der Waals surface area contributed by atoms with Gasteiger partial charge in [0, 0.05) is 12.0 Å². The van der Waals surface area contributed by atoms with Gasteiger partial charge in [0.15, 0.2) is 0 Å². The summed E-state index contributed by atoms with van der Waals surface area (Å²) in [5.74, 6) is -0.0314. The van der Waals surface area contributed by atoms with Gasteiger partial charge in [-0.05, 0) is 53.8 Å². The Hall–Kier alpha value is -1.21. The molecule has 0 aliphatic heterocycles. The largest absolute Gasteiger partial charge is 0.384 e. The first kappa shape index (κ1) is 17.6. The summed E-state index contributed by atoms with van der Waals surface area (Å²) in [5, 5.41) is 1.98. The number of thiophene rings is 1. The Bertz CT molecular complexity index is 770. The lowest BCUT2D eigenvalue weighted by molar-refractivity contribution is 0.217. The van der Waals surface area contributed by atoms with E-state index in [0.29, 0.717) is 0 Å². The van der Waals surface area contributed by atoms with Crippen molar-refractivity contribution in [3.05, 3.63) is 57.3 Å². The molecule has 3 rings (SSSR count). The molecule has 24 heavy (non-hydrogen) atoms. The molecule has 1 heterocycles. The summed E-state index contributed by atoms with van der Waals surface area (Å²) in [6.45, 7) is 0.191. The molecule has 6 heteroatoms. The molecular formula is C18H23NO3S2. The fourth-order valence-corrected chi connectivity index (χ4v) is 5.11. The lowest BCUT2D eigenvalue weighted by atomic mass is 9.89. The van der Waals surface area contributed by atoms with Gasteiger partial charge in [0.2, 0.25) is 10.0 Å². The molecule has 1 aliphatic carbocycles. The average Bonchev–Trinajstić information content (AvgIpc) is 3.12. The number of fused-ring (bicyclic) bond motifs is 1. The molecule has 0 fully saturated rings. The average molecular weight is 366 g/mol. The van der Waals surface area contributed by atoms with Crippen molar-refractivity contribution in [1.29, 1.82) is 0 Å². The van der Waals surface area contributed by atoms with Crippen LogP contribution >= 0.6 is 11.3 Å². The van der Waals surface area contributed by atoms with Gasteiger partial charge in [0.05, 0.1) is 18.4 Å². The van der Waals surface area contributed by atoms with Crippen LogP contribution in [0.15, 0.2) is 35.7 Å². The number of ether oxygens (including phenoxy) is 1. The smallest absolute Gasteiger partial charge is 0.214 e. The van der Waals surface area contributed by atoms with Crippen molar-refractivity contribution in [1.82, 2.24) is 4.72 Å². The molecule has 1 aliphatic rings. The van der Waals surface area contributed by atoms with E-state index in [0.717, 1.165) is 23.3 Å². The molecule has 1 unspecified atom stereocenters. The summed E-state index contributed by atoms with van der Waals surface area (Å²) < 4.78 is 32.5. The first-order chi connectivity index (χ1) is 11.6. The number of sulfonamides is 1. The van der Waals surface area contributed by atoms with Crippen LogP contribution in [0.4, 0.5) is 0 Å². The van der Waals surface area contributed by atoms with Crippen molar-refractivity contribution in [2.75, 3.05) is 19.5 Å². The Balaban J connectivity index is 1.91. The fraction of sp³-hybridized carbons (Fsp3) is 0.444. The summed E-state index contributed by atoms with van der Waals surface area (Å²) in [5.41, 5.74) is 3.77. The van der Waals surface area contributed by atoms with E-state index in [1.54, 1.807) is 11.3 Å². The second kappa shape index (κ2) is 7.78. The summed E-state index contributed by atoms with van der Waals surface area (Å²) in [6, 6.07) is 10.0. The third-order valence-electron chi connectivity index (χ3n) is 4.39. The van der Waals surface area contributed by atoms with Crippen molar-refractivity contribution in [3.8, 4) is 0 Å². The van der Waals surface area contributed by atoms with Crippen LogP contribution in [0.5, 0.6) is 0 Å². The predicted octanol–water partition coefficient (Wildman–Crippen LogP) is 3.28. The first-order valence-corrected chi connectivity index (χ1v) is 10.8. The number of hydrogen-bond donors (Lipinski definition) is 1. The highest BCUT2D eigenvalue weighted by molar-refractivity contribution is 7.89. The molecule has 1 N–H and O–H groups in total. The molecule has 0 spiro atoms. The van der Waals surface area contributed by atoms with E-state index < -0.39 is 10.0 Å². The molecule has 2 aromatic rings. The molecule has 0 saturated carbocycles. The van der Waals surface area contributed by atoms with Crippen LogP contribution < -0.4 is 4.72 Å². The van der Waals surface area contributed by atoms with Crippen LogP contribution in [0.1, 0.15) is 40.5 Å². The summed E-state index contributed by atoms with van der Waals surface area (Å²) in [6.07, 6.45) is 4.65. The molecule has 1 atom stereocenters. The van der Waals surface area contributed by atoms with Crippen molar-refractivity contribution in [2.24, 2.45) is 0 Å². The van der Waals surface area contributed by atoms with Gasteiger partial charge in [-0.3, -0.25) is 0 Å². The van der Waals surface area contributed by atoms with E-state index >= 15 is 0 Å². The lowest BCUT2D eigenvalue weighted by Gasteiger charge is -2.22. The maximum absolute atomic E-state index is 12.4. The number of benzene rings is 1. The number of aryl methyl sites for hydroxylation is 2. The molecule has 4 nitrogen and oxygen atoms in total. The zero-order valence-corrected chi connectivity index (χ0v) is 15.5. The molecule has 0 amide bonds. The molecule has 0 radical (unpaired) electrons. The standard InChI is InChI=1S/C18H23NO3S2/c1-22-10-12-24(20,21)19-18(17-7-4-11-23-17)16-9-8-14-5-2-3-6-15(14)13-16/h4,7-9,11,13,18-19H,2-3,5-6,10,12H2,1H3. The highest BCUT2D eigenvalue weighted by Crippen LogP contribution is 2.30. The molecule has 1 aromatic carbocycles. The predicted molar refractivity (Wildman–Crippen MR) is 98.0 cm³/mol. The number of methoxy groups -OCH3 is 1. The van der Waals surface area contributed by atoms with Gasteiger partial charge < -0.3 is 4.74 Å². The number of hydrogen-bond acceptors (Lipinski definition) is 4. The zero-order valence-electron chi connectivity index (χ0n) is 13.8. The van der Waals surface area contributed by atoms with Gasteiger partial charge in [-0.2, -0.15) is 0 Å². The molecule has 0 saturated heterocycles. The Kier molecular flexibility index (Phi) is 5.71. The minimum absolute atomic E-state index is 0.0314. The zero-order chi connectivity index (χ0) is 17.0. The Morgan fingerprint density at radius 2 is 2.00 bits per heavy atom. The van der Waals surface area contributed by atoms with Gasteiger partial charge >= 0.3 is 0 Å². The highest BCUT2D eigenvalue weighted by Gasteiger charge is 2.23. The van der Waals surface area contributed by atoms with Gasteiger partial charge in [0.1, 0.15) is 0 Å². The van der Waals surface area contributed by atoms with E-state index in [-0.39, 0.29) is 18.4 Å². The van der Waals surface area contributed by atoms with Gasteiger partial charge in [-0.15, -0.1) is 11.3 Å². The minimum Gasteiger partial charge on any atom is -0.384 e. The lowest BCUT2D eigenvalue weighted by Crippen LogP contribution is -2.32. The minimum atomic E-state index is -3.41. The van der Waals surface area contributed by atoms with E-state index in [4.69, 9.17) is 4.74 Å². The van der Waals surface area contributed by atoms with Crippen LogP contribution in [-0.2, 0) is 27.6 Å². The van der Waals surface area contributed by atoms with Crippen LogP contribution in [0, 0.1) is 0 Å². The maximum Gasteiger partial charge on any atom is 0.214 e. The third kappa shape index (κ3) is 4.25. The van der Waals surface area contributed by atoms with Crippen molar-refractivity contribution in [2.45, 2.75) is 31.7 Å². The number of nitrogens with one attached hydrogen (secondary N) is 1. The monoisotopic (exact) mass is 365 g/mol. The van der Waals surface area contributed by atoms with Crippen LogP contribution in [0.25, 0.3) is 0 Å². The Morgan fingerprint density at radius 3 is 2.71 bits per heavy atom. The SMILES string of the molecule is COCCS(=O)(=O)NC(c1ccc2c(c1)CCCC2)c1cccs1. The Labute approximate surface area is 147 Å². The van der Waals surface area contributed by atoms with Gasteiger partial charge in [0.25, 0.3) is 0 Å². The molecular weight excluding hydrogens is 342 g/mol. The topological polar surface area (TPSA) is 55.4 Å².